The molecule has 106 valence electrons. The lowest BCUT2D eigenvalue weighted by Crippen LogP contribution is -2.23. The Bertz CT molecular complexity index is 455. The Morgan fingerprint density at radius 3 is 2.47 bits per heavy atom. The van der Waals surface area contributed by atoms with E-state index in [1.807, 2.05) is 6.92 Å². The molecule has 0 aliphatic rings. The quantitative estimate of drug-likeness (QED) is 0.838. The highest BCUT2D eigenvalue weighted by Crippen LogP contribution is 2.36. The molecule has 0 spiro atoms. The summed E-state index contributed by atoms with van der Waals surface area (Å²) in [4.78, 5) is 12.0. The first kappa shape index (κ1) is 15.5. The molecule has 1 N–H and O–H groups in total. The van der Waals surface area contributed by atoms with Crippen LogP contribution in [-0.2, 0) is 10.9 Å². The van der Waals surface area contributed by atoms with E-state index in [0.717, 1.165) is 12.1 Å². The molecular weight excluding hydrogens is 261 g/mol. The molecule has 1 atom stereocenters. The Kier molecular flexibility index (Phi) is 4.94. The van der Waals surface area contributed by atoms with Crippen molar-refractivity contribution in [3.05, 3.63) is 29.3 Å². The van der Waals surface area contributed by atoms with Crippen molar-refractivity contribution < 1.29 is 27.8 Å². The van der Waals surface area contributed by atoms with Crippen LogP contribution in [0.15, 0.2) is 18.2 Å². The number of Topliss-reactive ketones (excluding diaryl/α,β-unsaturated/α-hetero) is 1. The molecule has 0 bridgehead atoms. The average molecular weight is 276 g/mol. The monoisotopic (exact) mass is 276 g/mol. The molecule has 0 aliphatic carbocycles. The van der Waals surface area contributed by atoms with Crippen molar-refractivity contribution in [2.24, 2.45) is 0 Å². The average Bonchev–Trinajstić information content (AvgIpc) is 2.33. The molecule has 19 heavy (non-hydrogen) atoms. The van der Waals surface area contributed by atoms with Gasteiger partial charge in [-0.3, -0.25) is 4.79 Å². The van der Waals surface area contributed by atoms with Crippen molar-refractivity contribution in [2.45, 2.75) is 32.0 Å². The van der Waals surface area contributed by atoms with E-state index in [1.165, 1.54) is 7.11 Å². The zero-order chi connectivity index (χ0) is 14.6. The van der Waals surface area contributed by atoms with E-state index in [2.05, 4.69) is 0 Å². The van der Waals surface area contributed by atoms with Crippen molar-refractivity contribution in [3.8, 4) is 5.75 Å². The lowest BCUT2D eigenvalue weighted by Gasteiger charge is -2.14. The van der Waals surface area contributed by atoms with E-state index in [9.17, 15) is 23.1 Å². The molecule has 0 amide bonds. The first-order chi connectivity index (χ1) is 8.81. The third-order valence-electron chi connectivity index (χ3n) is 2.72. The largest absolute Gasteiger partial charge is 0.507 e. The SMILES string of the molecule is CCCC(OC)C(=O)c1ccc(C(F)(F)F)c(O)c1. The maximum atomic E-state index is 12.5. The molecule has 0 aromatic heterocycles. The van der Waals surface area contributed by atoms with Gasteiger partial charge in [-0.05, 0) is 18.6 Å². The number of phenols is 1. The summed E-state index contributed by atoms with van der Waals surface area (Å²) in [5.74, 6) is -1.39. The number of benzene rings is 1. The van der Waals surface area contributed by atoms with Crippen LogP contribution in [0.1, 0.15) is 35.7 Å². The molecule has 1 rings (SSSR count). The number of methoxy groups -OCH3 is 1. The summed E-state index contributed by atoms with van der Waals surface area (Å²) >= 11 is 0. The summed E-state index contributed by atoms with van der Waals surface area (Å²) in [5.41, 5.74) is -1.15. The fourth-order valence-electron chi connectivity index (χ4n) is 1.73. The number of aromatic hydroxyl groups is 1. The van der Waals surface area contributed by atoms with Crippen molar-refractivity contribution in [3.63, 3.8) is 0 Å². The summed E-state index contributed by atoms with van der Waals surface area (Å²) in [6.07, 6.45) is -4.18. The van der Waals surface area contributed by atoms with Gasteiger partial charge in [-0.2, -0.15) is 13.2 Å². The first-order valence-electron chi connectivity index (χ1n) is 5.78. The molecule has 3 nitrogen and oxygen atoms in total. The van der Waals surface area contributed by atoms with Crippen molar-refractivity contribution in [1.29, 1.82) is 0 Å². The molecule has 6 heteroatoms. The number of ether oxygens (including phenoxy) is 1. The first-order valence-corrected chi connectivity index (χ1v) is 5.78. The van der Waals surface area contributed by atoms with E-state index in [0.29, 0.717) is 18.9 Å². The number of halogens is 3. The number of alkyl halides is 3. The molecule has 0 radical (unpaired) electrons. The van der Waals surface area contributed by atoms with Crippen LogP contribution < -0.4 is 0 Å². The van der Waals surface area contributed by atoms with E-state index in [4.69, 9.17) is 4.74 Å². The predicted octanol–water partition coefficient (Wildman–Crippen LogP) is 3.41. The van der Waals surface area contributed by atoms with Crippen molar-refractivity contribution in [2.75, 3.05) is 7.11 Å². The maximum Gasteiger partial charge on any atom is 0.419 e. The fraction of sp³-hybridized carbons (Fsp3) is 0.462. The standard InChI is InChI=1S/C13H15F3O3/c1-3-4-11(19-2)12(18)8-5-6-9(10(17)7-8)13(14,15)16/h5-7,11,17H,3-4H2,1-2H3. The Hall–Kier alpha value is -1.56. The maximum absolute atomic E-state index is 12.5. The topological polar surface area (TPSA) is 46.5 Å². The van der Waals surface area contributed by atoms with E-state index < -0.39 is 29.4 Å². The number of hydrogen-bond acceptors (Lipinski definition) is 3. The van der Waals surface area contributed by atoms with Gasteiger partial charge in [0, 0.05) is 12.7 Å². The summed E-state index contributed by atoms with van der Waals surface area (Å²) in [5, 5.41) is 9.35. The van der Waals surface area contributed by atoms with Crippen LogP contribution in [0.5, 0.6) is 5.75 Å². The van der Waals surface area contributed by atoms with Crippen LogP contribution in [0.25, 0.3) is 0 Å². The van der Waals surface area contributed by atoms with Gasteiger partial charge in [-0.1, -0.05) is 19.4 Å². The normalized spacial score (nSPS) is 13.3. The highest BCUT2D eigenvalue weighted by molar-refractivity contribution is 5.99. The summed E-state index contributed by atoms with van der Waals surface area (Å²) in [6.45, 7) is 1.86. The van der Waals surface area contributed by atoms with Crippen LogP contribution in [0.4, 0.5) is 13.2 Å². The highest BCUT2D eigenvalue weighted by Gasteiger charge is 2.34. The minimum atomic E-state index is -4.64. The number of ketones is 1. The van der Waals surface area contributed by atoms with Gasteiger partial charge in [0.25, 0.3) is 0 Å². The van der Waals surface area contributed by atoms with Gasteiger partial charge in [0.15, 0.2) is 5.78 Å². The second-order valence-corrected chi connectivity index (χ2v) is 4.11. The smallest absolute Gasteiger partial charge is 0.419 e. The Morgan fingerprint density at radius 1 is 1.42 bits per heavy atom. The van der Waals surface area contributed by atoms with Crippen molar-refractivity contribution >= 4 is 5.78 Å². The minimum Gasteiger partial charge on any atom is -0.507 e. The number of phenolic OH excluding ortho intramolecular Hbond substituents is 1. The van der Waals surface area contributed by atoms with Crippen LogP contribution in [0.3, 0.4) is 0 Å². The van der Waals surface area contributed by atoms with Gasteiger partial charge in [0.1, 0.15) is 11.9 Å². The Labute approximate surface area is 109 Å². The second-order valence-electron chi connectivity index (χ2n) is 4.11. The van der Waals surface area contributed by atoms with E-state index in [1.54, 1.807) is 0 Å². The van der Waals surface area contributed by atoms with E-state index in [-0.39, 0.29) is 5.56 Å². The highest BCUT2D eigenvalue weighted by atomic mass is 19.4. The van der Waals surface area contributed by atoms with Gasteiger partial charge >= 0.3 is 6.18 Å². The van der Waals surface area contributed by atoms with Gasteiger partial charge in [-0.25, -0.2) is 0 Å². The summed E-state index contributed by atoms with van der Waals surface area (Å²) in [6, 6.07) is 2.57. The molecule has 0 saturated carbocycles. The Morgan fingerprint density at radius 2 is 2.05 bits per heavy atom. The molecule has 0 aliphatic heterocycles. The lowest BCUT2D eigenvalue weighted by molar-refractivity contribution is -0.138. The lowest BCUT2D eigenvalue weighted by atomic mass is 10.0. The number of carbonyl (C=O) groups is 1. The molecule has 1 aromatic rings. The Balaban J connectivity index is 3.04. The van der Waals surface area contributed by atoms with Crippen molar-refractivity contribution in [1.82, 2.24) is 0 Å². The third-order valence-corrected chi connectivity index (χ3v) is 2.72. The van der Waals surface area contributed by atoms with Crippen LogP contribution in [0, 0.1) is 0 Å². The van der Waals surface area contributed by atoms with Crippen LogP contribution in [-0.4, -0.2) is 24.1 Å². The summed E-state index contributed by atoms with van der Waals surface area (Å²) in [7, 11) is 1.36. The second kappa shape index (κ2) is 6.06. The predicted molar refractivity (Wildman–Crippen MR) is 63.1 cm³/mol. The molecule has 0 saturated heterocycles. The van der Waals surface area contributed by atoms with Gasteiger partial charge in [-0.15, -0.1) is 0 Å². The number of carbonyl (C=O) groups excluding carboxylic acids is 1. The van der Waals surface area contributed by atoms with Crippen LogP contribution in [0.2, 0.25) is 0 Å². The molecular formula is C13H15F3O3. The molecule has 0 fully saturated rings. The molecule has 0 heterocycles. The van der Waals surface area contributed by atoms with Gasteiger partial charge in [0.2, 0.25) is 0 Å². The third kappa shape index (κ3) is 3.70. The zero-order valence-electron chi connectivity index (χ0n) is 10.6. The molecule has 1 unspecified atom stereocenters. The number of rotatable bonds is 5. The summed E-state index contributed by atoms with van der Waals surface area (Å²) < 4.78 is 42.4. The minimum absolute atomic E-state index is 0.00537. The fourth-order valence-corrected chi connectivity index (χ4v) is 1.73. The number of hydrogen-bond donors (Lipinski definition) is 1. The van der Waals surface area contributed by atoms with Gasteiger partial charge < -0.3 is 9.84 Å². The van der Waals surface area contributed by atoms with Gasteiger partial charge in [0.05, 0.1) is 5.56 Å². The van der Waals surface area contributed by atoms with E-state index >= 15 is 0 Å². The van der Waals surface area contributed by atoms with Crippen LogP contribution >= 0.6 is 0 Å². The molecule has 1 aromatic carbocycles. The zero-order valence-corrected chi connectivity index (χ0v) is 10.6.